The topological polar surface area (TPSA) is 47.6 Å². The van der Waals surface area contributed by atoms with E-state index in [1.807, 2.05) is 12.1 Å². The average Bonchev–Trinajstić information content (AvgIpc) is 2.98. The molecule has 1 aliphatic carbocycles. The van der Waals surface area contributed by atoms with Crippen LogP contribution in [0.5, 0.6) is 5.75 Å². The van der Waals surface area contributed by atoms with E-state index in [4.69, 9.17) is 21.1 Å². The fourth-order valence-electron chi connectivity index (χ4n) is 2.80. The lowest BCUT2D eigenvalue weighted by Crippen LogP contribution is -2.37. The number of hydrogen-bond acceptors (Lipinski definition) is 4. The van der Waals surface area contributed by atoms with E-state index in [1.165, 1.54) is 12.8 Å². The van der Waals surface area contributed by atoms with Gasteiger partial charge in [0, 0.05) is 16.6 Å². The van der Waals surface area contributed by atoms with Gasteiger partial charge in [-0.2, -0.15) is 0 Å². The van der Waals surface area contributed by atoms with Crippen LogP contribution >= 0.6 is 11.6 Å². The number of benzene rings is 1. The summed E-state index contributed by atoms with van der Waals surface area (Å²) in [7, 11) is 1.58. The first-order valence-electron chi connectivity index (χ1n) is 7.42. The molecule has 0 bridgehead atoms. The van der Waals surface area contributed by atoms with Gasteiger partial charge in [0.1, 0.15) is 11.8 Å². The minimum Gasteiger partial charge on any atom is -0.496 e. The number of hydrogen-bond donors (Lipinski definition) is 1. The molecule has 21 heavy (non-hydrogen) atoms. The molecule has 1 N–H and O–H groups in total. The normalized spacial score (nSPS) is 16.7. The fraction of sp³-hybridized carbons (Fsp3) is 0.562. The number of methoxy groups -OCH3 is 1. The highest BCUT2D eigenvalue weighted by Gasteiger charge is 2.30. The van der Waals surface area contributed by atoms with Crippen molar-refractivity contribution in [2.24, 2.45) is 0 Å². The first kappa shape index (κ1) is 16.1. The third-order valence-electron chi connectivity index (χ3n) is 3.80. The molecule has 1 atom stereocenters. The number of esters is 1. The van der Waals surface area contributed by atoms with Crippen molar-refractivity contribution in [2.45, 2.75) is 44.7 Å². The Morgan fingerprint density at radius 2 is 2.14 bits per heavy atom. The van der Waals surface area contributed by atoms with E-state index < -0.39 is 6.04 Å². The van der Waals surface area contributed by atoms with Crippen LogP contribution in [0.25, 0.3) is 0 Å². The van der Waals surface area contributed by atoms with Gasteiger partial charge in [-0.3, -0.25) is 5.32 Å². The Bertz CT molecular complexity index is 486. The van der Waals surface area contributed by atoms with Crippen molar-refractivity contribution in [3.8, 4) is 5.75 Å². The molecule has 0 aromatic heterocycles. The summed E-state index contributed by atoms with van der Waals surface area (Å²) >= 11 is 6.30. The molecule has 0 radical (unpaired) electrons. The molecule has 0 heterocycles. The minimum atomic E-state index is -0.586. The standard InChI is InChI=1S/C16H22ClNO3/c1-3-21-16(19)15(18-11-7-4-5-8-11)14-12(17)9-6-10-13(14)20-2/h6,9-11,15,18H,3-5,7-8H2,1-2H3. The number of ether oxygens (including phenoxy) is 2. The SMILES string of the molecule is CCOC(=O)C(NC1CCCC1)c1c(Cl)cccc1OC. The van der Waals surface area contributed by atoms with Gasteiger partial charge < -0.3 is 9.47 Å². The number of nitrogens with one attached hydrogen (secondary N) is 1. The first-order chi connectivity index (χ1) is 10.2. The number of carbonyl (C=O) groups is 1. The van der Waals surface area contributed by atoms with Crippen LogP contribution in [-0.2, 0) is 9.53 Å². The maximum absolute atomic E-state index is 12.4. The highest BCUT2D eigenvalue weighted by Crippen LogP contribution is 2.34. The molecule has 0 amide bonds. The molecule has 1 saturated carbocycles. The van der Waals surface area contributed by atoms with E-state index in [0.717, 1.165) is 12.8 Å². The van der Waals surface area contributed by atoms with Gasteiger partial charge in [0.25, 0.3) is 0 Å². The van der Waals surface area contributed by atoms with Crippen LogP contribution in [0.4, 0.5) is 0 Å². The monoisotopic (exact) mass is 311 g/mol. The van der Waals surface area contributed by atoms with Gasteiger partial charge in [0.15, 0.2) is 0 Å². The van der Waals surface area contributed by atoms with Gasteiger partial charge >= 0.3 is 5.97 Å². The third kappa shape index (κ3) is 3.89. The summed E-state index contributed by atoms with van der Waals surface area (Å²) in [6.45, 7) is 2.14. The summed E-state index contributed by atoms with van der Waals surface area (Å²) in [5.41, 5.74) is 0.659. The lowest BCUT2D eigenvalue weighted by Gasteiger charge is -2.24. The molecule has 0 saturated heterocycles. The summed E-state index contributed by atoms with van der Waals surface area (Å²) in [6.07, 6.45) is 4.52. The van der Waals surface area contributed by atoms with Gasteiger partial charge in [-0.05, 0) is 31.9 Å². The Balaban J connectivity index is 2.31. The Labute approximate surface area is 130 Å². The maximum Gasteiger partial charge on any atom is 0.327 e. The second kappa shape index (κ2) is 7.66. The van der Waals surface area contributed by atoms with Crippen LogP contribution in [-0.4, -0.2) is 25.7 Å². The fourth-order valence-corrected chi connectivity index (χ4v) is 3.07. The molecule has 1 aromatic carbocycles. The molecule has 4 nitrogen and oxygen atoms in total. The zero-order chi connectivity index (χ0) is 15.2. The van der Waals surface area contributed by atoms with Crippen molar-refractivity contribution in [1.29, 1.82) is 0 Å². The van der Waals surface area contributed by atoms with Crippen LogP contribution in [0.1, 0.15) is 44.2 Å². The van der Waals surface area contributed by atoms with Gasteiger partial charge in [-0.1, -0.05) is 30.5 Å². The van der Waals surface area contributed by atoms with Crippen molar-refractivity contribution in [2.75, 3.05) is 13.7 Å². The Hall–Kier alpha value is -1.26. The molecule has 1 unspecified atom stereocenters. The molecule has 1 aromatic rings. The smallest absolute Gasteiger partial charge is 0.327 e. The molecular formula is C16H22ClNO3. The number of rotatable bonds is 6. The lowest BCUT2D eigenvalue weighted by molar-refractivity contribution is -0.146. The minimum absolute atomic E-state index is 0.309. The third-order valence-corrected chi connectivity index (χ3v) is 4.13. The molecule has 1 fully saturated rings. The second-order valence-corrected chi connectivity index (χ2v) is 5.60. The Morgan fingerprint density at radius 1 is 1.43 bits per heavy atom. The summed E-state index contributed by atoms with van der Waals surface area (Å²) in [4.78, 5) is 12.4. The molecule has 1 aliphatic rings. The molecule has 0 spiro atoms. The summed E-state index contributed by atoms with van der Waals surface area (Å²) in [6, 6.07) is 5.12. The highest BCUT2D eigenvalue weighted by atomic mass is 35.5. The van der Waals surface area contributed by atoms with Crippen LogP contribution < -0.4 is 10.1 Å². The van der Waals surface area contributed by atoms with Crippen molar-refractivity contribution in [3.63, 3.8) is 0 Å². The van der Waals surface area contributed by atoms with E-state index in [9.17, 15) is 4.79 Å². The average molecular weight is 312 g/mol. The molecule has 116 valence electrons. The van der Waals surface area contributed by atoms with Crippen molar-refractivity contribution in [3.05, 3.63) is 28.8 Å². The van der Waals surface area contributed by atoms with Crippen LogP contribution in [0.3, 0.4) is 0 Å². The molecule has 0 aliphatic heterocycles. The second-order valence-electron chi connectivity index (χ2n) is 5.19. The van der Waals surface area contributed by atoms with E-state index in [0.29, 0.717) is 29.0 Å². The Kier molecular flexibility index (Phi) is 5.88. The van der Waals surface area contributed by atoms with E-state index >= 15 is 0 Å². The number of halogens is 1. The van der Waals surface area contributed by atoms with Crippen LogP contribution in [0, 0.1) is 0 Å². The largest absolute Gasteiger partial charge is 0.496 e. The lowest BCUT2D eigenvalue weighted by atomic mass is 10.0. The van der Waals surface area contributed by atoms with E-state index in [-0.39, 0.29) is 5.97 Å². The van der Waals surface area contributed by atoms with Crippen LogP contribution in [0.2, 0.25) is 5.02 Å². The quantitative estimate of drug-likeness (QED) is 0.817. The van der Waals surface area contributed by atoms with Crippen molar-refractivity contribution in [1.82, 2.24) is 5.32 Å². The van der Waals surface area contributed by atoms with Gasteiger partial charge in [-0.25, -0.2) is 4.79 Å². The summed E-state index contributed by atoms with van der Waals surface area (Å²) in [5, 5.41) is 3.91. The van der Waals surface area contributed by atoms with Crippen LogP contribution in [0.15, 0.2) is 18.2 Å². The van der Waals surface area contributed by atoms with Crippen molar-refractivity contribution >= 4 is 17.6 Å². The van der Waals surface area contributed by atoms with Gasteiger partial charge in [0.2, 0.25) is 0 Å². The first-order valence-corrected chi connectivity index (χ1v) is 7.80. The predicted octanol–water partition coefficient (Wildman–Crippen LogP) is 3.49. The zero-order valence-corrected chi connectivity index (χ0v) is 13.3. The Morgan fingerprint density at radius 3 is 2.76 bits per heavy atom. The zero-order valence-electron chi connectivity index (χ0n) is 12.5. The van der Waals surface area contributed by atoms with E-state index in [1.54, 1.807) is 20.1 Å². The van der Waals surface area contributed by atoms with Gasteiger partial charge in [-0.15, -0.1) is 0 Å². The molecule has 2 rings (SSSR count). The summed E-state index contributed by atoms with van der Waals surface area (Å²) in [5.74, 6) is 0.293. The van der Waals surface area contributed by atoms with E-state index in [2.05, 4.69) is 5.32 Å². The maximum atomic E-state index is 12.4. The molecular weight excluding hydrogens is 290 g/mol. The van der Waals surface area contributed by atoms with Gasteiger partial charge in [0.05, 0.1) is 13.7 Å². The highest BCUT2D eigenvalue weighted by molar-refractivity contribution is 6.31. The van der Waals surface area contributed by atoms with Crippen molar-refractivity contribution < 1.29 is 14.3 Å². The summed E-state index contributed by atoms with van der Waals surface area (Å²) < 4.78 is 10.6. The predicted molar refractivity (Wildman–Crippen MR) is 82.8 cm³/mol. The molecule has 5 heteroatoms. The number of carbonyl (C=O) groups excluding carboxylic acids is 1.